The van der Waals surface area contributed by atoms with Gasteiger partial charge in [-0.05, 0) is 6.92 Å². The lowest BCUT2D eigenvalue weighted by atomic mass is 10.1. The molecule has 0 aromatic heterocycles. The van der Waals surface area contributed by atoms with E-state index < -0.39 is 24.1 Å². The van der Waals surface area contributed by atoms with Crippen molar-refractivity contribution in [1.29, 1.82) is 0 Å². The lowest BCUT2D eigenvalue weighted by Gasteiger charge is -2.36. The zero-order chi connectivity index (χ0) is 17.0. The number of thioether (sulfide) groups is 1. The van der Waals surface area contributed by atoms with Gasteiger partial charge in [-0.1, -0.05) is 11.8 Å². The summed E-state index contributed by atoms with van der Waals surface area (Å²) < 4.78 is 9.96. The lowest BCUT2D eigenvalue weighted by molar-refractivity contribution is -0.139. The first kappa shape index (κ1) is 17.5. The monoisotopic (exact) mass is 344 g/mol. The Morgan fingerprint density at radius 1 is 1.43 bits per heavy atom. The summed E-state index contributed by atoms with van der Waals surface area (Å²) in [5.74, 6) is -0.658. The molecule has 0 spiro atoms. The molecule has 0 bridgehead atoms. The first-order valence-electron chi connectivity index (χ1n) is 7.19. The minimum absolute atomic E-state index is 0.0921. The highest BCUT2D eigenvalue weighted by Gasteiger charge is 2.48. The predicted molar refractivity (Wildman–Crippen MR) is 84.0 cm³/mol. The number of amidine groups is 1. The Morgan fingerprint density at radius 3 is 2.83 bits per heavy atom. The van der Waals surface area contributed by atoms with Gasteiger partial charge in [-0.2, -0.15) is 0 Å². The van der Waals surface area contributed by atoms with Gasteiger partial charge in [0, 0.05) is 20.7 Å². The molecule has 10 heteroatoms. The van der Waals surface area contributed by atoms with Gasteiger partial charge in [0.15, 0.2) is 17.4 Å². The molecule has 23 heavy (non-hydrogen) atoms. The van der Waals surface area contributed by atoms with E-state index in [4.69, 9.17) is 9.47 Å². The molecule has 0 aromatic carbocycles. The van der Waals surface area contributed by atoms with Crippen LogP contribution >= 0.6 is 11.8 Å². The number of fused-ring (bicyclic) bond motifs is 1. The number of rotatable bonds is 6. The molecule has 3 amide bonds. The number of nitrogens with zero attached hydrogens (tertiary/aromatic N) is 3. The van der Waals surface area contributed by atoms with Crippen molar-refractivity contribution in [3.63, 3.8) is 0 Å². The van der Waals surface area contributed by atoms with Crippen LogP contribution in [0.1, 0.15) is 6.92 Å². The average molecular weight is 344 g/mol. The molecule has 1 saturated heterocycles. The first-order valence-corrected chi connectivity index (χ1v) is 8.17. The minimum atomic E-state index is -0.613. The van der Waals surface area contributed by atoms with Crippen molar-refractivity contribution >= 4 is 34.8 Å². The summed E-state index contributed by atoms with van der Waals surface area (Å²) in [4.78, 5) is 43.0. The first-order chi connectivity index (χ1) is 11.0. The van der Waals surface area contributed by atoms with Gasteiger partial charge in [-0.25, -0.2) is 9.79 Å². The second kappa shape index (κ2) is 7.64. The maximum Gasteiger partial charge on any atom is 0.325 e. The van der Waals surface area contributed by atoms with E-state index in [0.717, 1.165) is 0 Å². The number of likely N-dealkylation sites (N-methyl/N-ethyl adjacent to an activating group) is 1. The van der Waals surface area contributed by atoms with Gasteiger partial charge in [0.05, 0.1) is 19.0 Å². The minimum Gasteiger partial charge on any atom is -0.465 e. The molecule has 128 valence electrons. The number of esters is 1. The van der Waals surface area contributed by atoms with Gasteiger partial charge < -0.3 is 19.3 Å². The number of carbonyl (C=O) groups is 3. The Bertz CT molecular complexity index is 526. The number of ether oxygens (including phenoxy) is 2. The fraction of sp³-hybridized carbons (Fsp3) is 0.692. The van der Waals surface area contributed by atoms with Crippen LogP contribution in [0.4, 0.5) is 4.79 Å². The van der Waals surface area contributed by atoms with Crippen molar-refractivity contribution in [2.24, 2.45) is 4.99 Å². The summed E-state index contributed by atoms with van der Waals surface area (Å²) in [5.41, 5.74) is 0. The zero-order valence-electron chi connectivity index (χ0n) is 13.3. The maximum atomic E-state index is 12.2. The molecule has 1 fully saturated rings. The van der Waals surface area contributed by atoms with Gasteiger partial charge in [0.2, 0.25) is 0 Å². The van der Waals surface area contributed by atoms with Gasteiger partial charge in [-0.15, -0.1) is 0 Å². The largest absolute Gasteiger partial charge is 0.465 e. The lowest BCUT2D eigenvalue weighted by Crippen LogP contribution is -2.63. The van der Waals surface area contributed by atoms with Crippen LogP contribution in [-0.2, 0) is 19.1 Å². The third-order valence-electron chi connectivity index (χ3n) is 3.48. The molecule has 9 nitrogen and oxygen atoms in total. The number of carbonyl (C=O) groups excluding carboxylic acids is 3. The summed E-state index contributed by atoms with van der Waals surface area (Å²) in [6.45, 7) is 2.87. The predicted octanol–water partition coefficient (Wildman–Crippen LogP) is -0.523. The molecule has 0 aliphatic carbocycles. The van der Waals surface area contributed by atoms with E-state index in [0.29, 0.717) is 24.9 Å². The number of urea groups is 1. The van der Waals surface area contributed by atoms with E-state index in [1.54, 1.807) is 26.0 Å². The molecule has 2 atom stereocenters. The summed E-state index contributed by atoms with van der Waals surface area (Å²) >= 11 is 1.19. The summed E-state index contributed by atoms with van der Waals surface area (Å²) in [7, 11) is 3.14. The molecule has 0 saturated carbocycles. The molecule has 2 rings (SSSR count). The highest BCUT2D eigenvalue weighted by atomic mass is 32.2. The van der Waals surface area contributed by atoms with Crippen LogP contribution in [0.15, 0.2) is 4.99 Å². The van der Waals surface area contributed by atoms with Crippen molar-refractivity contribution in [2.45, 2.75) is 19.1 Å². The van der Waals surface area contributed by atoms with Crippen LogP contribution in [-0.4, -0.2) is 84.8 Å². The van der Waals surface area contributed by atoms with Crippen molar-refractivity contribution in [1.82, 2.24) is 15.1 Å². The maximum absolute atomic E-state index is 12.2. The second-order valence-electron chi connectivity index (χ2n) is 4.96. The molecular formula is C13H20N4O5S. The van der Waals surface area contributed by atoms with Crippen molar-refractivity contribution in [3.8, 4) is 0 Å². The summed E-state index contributed by atoms with van der Waals surface area (Å²) in [6, 6.07) is -1.10. The van der Waals surface area contributed by atoms with Gasteiger partial charge in [-0.3, -0.25) is 14.9 Å². The van der Waals surface area contributed by atoms with Crippen LogP contribution in [0.25, 0.3) is 0 Å². The van der Waals surface area contributed by atoms with Crippen LogP contribution in [0.3, 0.4) is 0 Å². The molecular weight excluding hydrogens is 324 g/mol. The SMILES string of the molecule is CCOC(=O)CSC1=NC2C(C(=O)NC(=O)N2C)N1CCOC. The van der Waals surface area contributed by atoms with Crippen molar-refractivity contribution in [2.75, 3.05) is 39.7 Å². The third kappa shape index (κ3) is 3.75. The highest BCUT2D eigenvalue weighted by molar-refractivity contribution is 8.14. The van der Waals surface area contributed by atoms with Crippen LogP contribution in [0.2, 0.25) is 0 Å². The van der Waals surface area contributed by atoms with Gasteiger partial charge in [0.25, 0.3) is 5.91 Å². The zero-order valence-corrected chi connectivity index (χ0v) is 14.1. The highest BCUT2D eigenvalue weighted by Crippen LogP contribution is 2.28. The number of amides is 3. The van der Waals surface area contributed by atoms with Crippen molar-refractivity contribution in [3.05, 3.63) is 0 Å². The summed E-state index contributed by atoms with van der Waals surface area (Å²) in [5, 5.41) is 2.83. The quantitative estimate of drug-likeness (QED) is 0.647. The number of imide groups is 1. The topological polar surface area (TPSA) is 101 Å². The van der Waals surface area contributed by atoms with E-state index in [-0.39, 0.29) is 11.7 Å². The van der Waals surface area contributed by atoms with Gasteiger partial charge >= 0.3 is 12.0 Å². The molecule has 2 aliphatic rings. The Balaban J connectivity index is 2.14. The van der Waals surface area contributed by atoms with E-state index >= 15 is 0 Å². The van der Waals surface area contributed by atoms with Crippen LogP contribution in [0.5, 0.6) is 0 Å². The second-order valence-corrected chi connectivity index (χ2v) is 5.90. The number of hydrogen-bond acceptors (Lipinski definition) is 8. The third-order valence-corrected chi connectivity index (χ3v) is 4.46. The Hall–Kier alpha value is -1.81. The number of methoxy groups -OCH3 is 1. The van der Waals surface area contributed by atoms with E-state index in [1.165, 1.54) is 16.7 Å². The van der Waals surface area contributed by atoms with Crippen molar-refractivity contribution < 1.29 is 23.9 Å². The smallest absolute Gasteiger partial charge is 0.325 e. The fourth-order valence-corrected chi connectivity index (χ4v) is 3.25. The number of aliphatic imine (C=N–C) groups is 1. The van der Waals surface area contributed by atoms with E-state index in [2.05, 4.69) is 10.3 Å². The summed E-state index contributed by atoms with van der Waals surface area (Å²) in [6.07, 6.45) is -0.599. The van der Waals surface area contributed by atoms with E-state index in [1.807, 2.05) is 0 Å². The number of nitrogens with one attached hydrogen (secondary N) is 1. The molecule has 0 radical (unpaired) electrons. The molecule has 2 aliphatic heterocycles. The fourth-order valence-electron chi connectivity index (χ4n) is 2.37. The number of hydrogen-bond donors (Lipinski definition) is 1. The Labute approximate surface area is 138 Å². The van der Waals surface area contributed by atoms with Crippen LogP contribution in [0, 0.1) is 0 Å². The Kier molecular flexibility index (Phi) is 5.83. The molecule has 2 unspecified atom stereocenters. The normalized spacial score (nSPS) is 23.5. The standard InChI is InChI=1S/C13H20N4O5S/c1-4-22-8(18)7-23-13-14-10-9(17(13)5-6-21-3)11(19)15-12(20)16(10)2/h9-10H,4-7H2,1-3H3,(H,15,19,20). The van der Waals surface area contributed by atoms with E-state index in [9.17, 15) is 14.4 Å². The van der Waals surface area contributed by atoms with Gasteiger partial charge in [0.1, 0.15) is 0 Å². The molecule has 1 N–H and O–H groups in total. The molecule has 0 aromatic rings. The molecule has 2 heterocycles. The Morgan fingerprint density at radius 2 is 2.17 bits per heavy atom. The van der Waals surface area contributed by atoms with Crippen LogP contribution < -0.4 is 5.32 Å². The average Bonchev–Trinajstić information content (AvgIpc) is 2.88.